The van der Waals surface area contributed by atoms with Crippen LogP contribution in [0.2, 0.25) is 0 Å². The van der Waals surface area contributed by atoms with E-state index in [9.17, 15) is 14.7 Å². The molecule has 0 atom stereocenters. The van der Waals surface area contributed by atoms with Crippen molar-refractivity contribution in [2.45, 2.75) is 33.3 Å². The molecule has 35 heavy (non-hydrogen) atoms. The summed E-state index contributed by atoms with van der Waals surface area (Å²) in [7, 11) is 0. The van der Waals surface area contributed by atoms with Crippen molar-refractivity contribution in [3.63, 3.8) is 0 Å². The van der Waals surface area contributed by atoms with E-state index in [0.717, 1.165) is 16.7 Å². The molecule has 0 radical (unpaired) electrons. The van der Waals surface area contributed by atoms with Crippen LogP contribution in [0.15, 0.2) is 60.9 Å². The number of imidazole rings is 1. The lowest BCUT2D eigenvalue weighted by molar-refractivity contribution is 0.0785. The van der Waals surface area contributed by atoms with Gasteiger partial charge < -0.3 is 21.1 Å². The zero-order valence-electron chi connectivity index (χ0n) is 20.1. The Morgan fingerprint density at radius 1 is 1.06 bits per heavy atom. The molecule has 3 amide bonds. The SMILES string of the molecule is CCNC(=O)Nc1cc(-c2cccc(NC(=O)c3ccc(C(C)(C)O)cc3)c2C)nn2ccnc12. The van der Waals surface area contributed by atoms with Crippen LogP contribution in [0, 0.1) is 6.92 Å². The maximum absolute atomic E-state index is 12.9. The van der Waals surface area contributed by atoms with E-state index in [1.807, 2.05) is 32.0 Å². The van der Waals surface area contributed by atoms with Gasteiger partial charge in [-0.3, -0.25) is 4.79 Å². The number of hydrogen-bond donors (Lipinski definition) is 4. The number of benzene rings is 2. The highest BCUT2D eigenvalue weighted by atomic mass is 16.3. The fourth-order valence-electron chi connectivity index (χ4n) is 3.74. The Bertz CT molecular complexity index is 1390. The molecule has 0 unspecified atom stereocenters. The van der Waals surface area contributed by atoms with Crippen LogP contribution in [0.4, 0.5) is 16.2 Å². The van der Waals surface area contributed by atoms with Gasteiger partial charge in [0.25, 0.3) is 5.91 Å². The molecule has 2 aromatic heterocycles. The van der Waals surface area contributed by atoms with Crippen molar-refractivity contribution in [1.29, 1.82) is 0 Å². The molecule has 0 bridgehead atoms. The summed E-state index contributed by atoms with van der Waals surface area (Å²) >= 11 is 0. The Balaban J connectivity index is 1.64. The molecule has 0 saturated heterocycles. The van der Waals surface area contributed by atoms with Gasteiger partial charge in [0.1, 0.15) is 0 Å². The van der Waals surface area contributed by atoms with Gasteiger partial charge in [-0.15, -0.1) is 0 Å². The van der Waals surface area contributed by atoms with Gasteiger partial charge >= 0.3 is 6.03 Å². The van der Waals surface area contributed by atoms with E-state index in [2.05, 4.69) is 26.0 Å². The van der Waals surface area contributed by atoms with Crippen LogP contribution in [0.1, 0.15) is 42.3 Å². The number of rotatable bonds is 6. The second kappa shape index (κ2) is 9.55. The summed E-state index contributed by atoms with van der Waals surface area (Å²) in [5, 5.41) is 23.3. The van der Waals surface area contributed by atoms with E-state index in [1.165, 1.54) is 0 Å². The van der Waals surface area contributed by atoms with Crippen molar-refractivity contribution in [2.75, 3.05) is 17.2 Å². The molecule has 2 heterocycles. The minimum absolute atomic E-state index is 0.260. The van der Waals surface area contributed by atoms with Crippen molar-refractivity contribution in [1.82, 2.24) is 19.9 Å². The second-order valence-corrected chi connectivity index (χ2v) is 8.69. The number of aromatic nitrogens is 3. The average Bonchev–Trinajstić information content (AvgIpc) is 3.29. The highest BCUT2D eigenvalue weighted by Gasteiger charge is 2.18. The Morgan fingerprint density at radius 3 is 2.49 bits per heavy atom. The van der Waals surface area contributed by atoms with Gasteiger partial charge in [0.2, 0.25) is 0 Å². The van der Waals surface area contributed by atoms with E-state index in [-0.39, 0.29) is 11.9 Å². The highest BCUT2D eigenvalue weighted by molar-refractivity contribution is 6.05. The number of aliphatic hydroxyl groups is 1. The van der Waals surface area contributed by atoms with Crippen LogP contribution in [0.3, 0.4) is 0 Å². The van der Waals surface area contributed by atoms with Crippen molar-refractivity contribution in [3.05, 3.63) is 77.6 Å². The van der Waals surface area contributed by atoms with E-state index < -0.39 is 5.60 Å². The maximum atomic E-state index is 12.9. The molecule has 2 aromatic carbocycles. The van der Waals surface area contributed by atoms with Crippen molar-refractivity contribution < 1.29 is 14.7 Å². The molecule has 0 saturated carbocycles. The maximum Gasteiger partial charge on any atom is 0.319 e. The molecular weight excluding hydrogens is 444 g/mol. The minimum atomic E-state index is -0.978. The first kappa shape index (κ1) is 23.9. The summed E-state index contributed by atoms with van der Waals surface area (Å²) < 4.78 is 1.60. The number of hydrogen-bond acceptors (Lipinski definition) is 5. The largest absolute Gasteiger partial charge is 0.386 e. The lowest BCUT2D eigenvalue weighted by Gasteiger charge is -2.18. The van der Waals surface area contributed by atoms with Crippen LogP contribution in [-0.4, -0.2) is 38.2 Å². The van der Waals surface area contributed by atoms with Gasteiger partial charge in [-0.05, 0) is 63.1 Å². The number of carbonyl (C=O) groups excluding carboxylic acids is 2. The molecular formula is C26H28N6O3. The number of anilines is 2. The predicted octanol–water partition coefficient (Wildman–Crippen LogP) is 4.33. The van der Waals surface area contributed by atoms with E-state index in [4.69, 9.17) is 0 Å². The smallest absolute Gasteiger partial charge is 0.319 e. The zero-order chi connectivity index (χ0) is 25.2. The lowest BCUT2D eigenvalue weighted by atomic mass is 9.97. The summed E-state index contributed by atoms with van der Waals surface area (Å²) in [6, 6.07) is 13.9. The normalized spacial score (nSPS) is 11.3. The van der Waals surface area contributed by atoms with Crippen LogP contribution in [0.25, 0.3) is 16.9 Å². The van der Waals surface area contributed by atoms with Gasteiger partial charge in [-0.25, -0.2) is 14.3 Å². The third-order valence-electron chi connectivity index (χ3n) is 5.66. The fraction of sp³-hybridized carbons (Fsp3) is 0.231. The molecule has 0 aliphatic rings. The first-order chi connectivity index (χ1) is 16.7. The zero-order valence-corrected chi connectivity index (χ0v) is 20.1. The number of nitrogens with zero attached hydrogens (tertiary/aromatic N) is 3. The monoisotopic (exact) mass is 472 g/mol. The van der Waals surface area contributed by atoms with Crippen LogP contribution in [-0.2, 0) is 5.60 Å². The highest BCUT2D eigenvalue weighted by Crippen LogP contribution is 2.30. The first-order valence-electron chi connectivity index (χ1n) is 11.3. The first-order valence-corrected chi connectivity index (χ1v) is 11.3. The molecule has 0 aliphatic carbocycles. The predicted molar refractivity (Wildman–Crippen MR) is 135 cm³/mol. The number of urea groups is 1. The lowest BCUT2D eigenvalue weighted by Crippen LogP contribution is -2.28. The van der Waals surface area contributed by atoms with Crippen LogP contribution < -0.4 is 16.0 Å². The molecule has 0 aliphatic heterocycles. The van der Waals surface area contributed by atoms with Gasteiger partial charge in [0.05, 0.1) is 17.0 Å². The molecule has 4 N–H and O–H groups in total. The van der Waals surface area contributed by atoms with Gasteiger partial charge in [0.15, 0.2) is 5.65 Å². The summed E-state index contributed by atoms with van der Waals surface area (Å²) in [4.78, 5) is 29.3. The number of fused-ring (bicyclic) bond motifs is 1. The van der Waals surface area contributed by atoms with E-state index in [1.54, 1.807) is 61.1 Å². The molecule has 9 nitrogen and oxygen atoms in total. The molecule has 180 valence electrons. The summed E-state index contributed by atoms with van der Waals surface area (Å²) in [6.07, 6.45) is 3.32. The van der Waals surface area contributed by atoms with Gasteiger partial charge in [0, 0.05) is 35.8 Å². The summed E-state index contributed by atoms with van der Waals surface area (Å²) in [6.45, 7) is 7.63. The van der Waals surface area contributed by atoms with Crippen molar-refractivity contribution >= 4 is 29.0 Å². The fourth-order valence-corrected chi connectivity index (χ4v) is 3.74. The van der Waals surface area contributed by atoms with Crippen LogP contribution in [0.5, 0.6) is 0 Å². The number of carbonyl (C=O) groups is 2. The third-order valence-corrected chi connectivity index (χ3v) is 5.66. The van der Waals surface area contributed by atoms with Crippen molar-refractivity contribution in [3.8, 4) is 11.3 Å². The second-order valence-electron chi connectivity index (χ2n) is 8.69. The Hall–Kier alpha value is -4.24. The van der Waals surface area contributed by atoms with Crippen LogP contribution >= 0.6 is 0 Å². The summed E-state index contributed by atoms with van der Waals surface area (Å²) in [5.74, 6) is -0.260. The Labute approximate surface area is 203 Å². The molecule has 4 aromatic rings. The van der Waals surface area contributed by atoms with Gasteiger partial charge in [-0.1, -0.05) is 24.3 Å². The molecule has 9 heteroatoms. The third kappa shape index (κ3) is 5.15. The Morgan fingerprint density at radius 2 is 1.80 bits per heavy atom. The van der Waals surface area contributed by atoms with E-state index >= 15 is 0 Å². The topological polar surface area (TPSA) is 121 Å². The quantitative estimate of drug-likeness (QED) is 0.333. The average molecular weight is 473 g/mol. The van der Waals surface area contributed by atoms with Crippen molar-refractivity contribution in [2.24, 2.45) is 0 Å². The minimum Gasteiger partial charge on any atom is -0.386 e. The molecule has 0 fully saturated rings. The molecule has 4 rings (SSSR count). The summed E-state index contributed by atoms with van der Waals surface area (Å²) in [5.41, 5.74) is 4.16. The molecule has 0 spiro atoms. The van der Waals surface area contributed by atoms with Gasteiger partial charge in [-0.2, -0.15) is 5.10 Å². The number of amides is 3. The number of nitrogens with one attached hydrogen (secondary N) is 3. The standard InChI is InChI=1S/C26H28N6O3/c1-5-27-25(34)30-22-15-21(31-32-14-13-28-23(22)32)19-7-6-8-20(16(19)2)29-24(33)17-9-11-18(12-10-17)26(3,4)35/h6-15,35H,5H2,1-4H3,(H,29,33)(H2,27,30,34). The Kier molecular flexibility index (Phi) is 6.52. The van der Waals surface area contributed by atoms with E-state index in [0.29, 0.717) is 34.8 Å².